The van der Waals surface area contributed by atoms with E-state index >= 15 is 0 Å². The first kappa shape index (κ1) is 15.2. The Bertz CT molecular complexity index is 732. The number of nitrogens with zero attached hydrogens (tertiary/aromatic N) is 1. The molecule has 0 unspecified atom stereocenters. The van der Waals surface area contributed by atoms with Crippen molar-refractivity contribution in [3.05, 3.63) is 53.6 Å². The zero-order valence-corrected chi connectivity index (χ0v) is 12.7. The van der Waals surface area contributed by atoms with Crippen molar-refractivity contribution in [3.8, 4) is 11.5 Å². The van der Waals surface area contributed by atoms with Gasteiger partial charge in [0.25, 0.3) is 5.91 Å². The highest BCUT2D eigenvalue weighted by molar-refractivity contribution is 6.01. The van der Waals surface area contributed by atoms with Crippen molar-refractivity contribution in [3.63, 3.8) is 0 Å². The Morgan fingerprint density at radius 1 is 1.17 bits per heavy atom. The van der Waals surface area contributed by atoms with Gasteiger partial charge in [0.2, 0.25) is 0 Å². The molecule has 1 amide bonds. The van der Waals surface area contributed by atoms with Gasteiger partial charge < -0.3 is 25.2 Å². The van der Waals surface area contributed by atoms with Crippen LogP contribution >= 0.6 is 0 Å². The summed E-state index contributed by atoms with van der Waals surface area (Å²) in [7, 11) is 1.58. The summed E-state index contributed by atoms with van der Waals surface area (Å²) in [6.45, 7) is 0.805. The number of para-hydroxylation sites is 1. The van der Waals surface area contributed by atoms with Crippen LogP contribution in [0.25, 0.3) is 0 Å². The lowest BCUT2D eigenvalue weighted by molar-refractivity contribution is 0.0609. The molecule has 1 aliphatic rings. The van der Waals surface area contributed by atoms with Crippen LogP contribution in [0, 0.1) is 0 Å². The van der Waals surface area contributed by atoms with Crippen LogP contribution in [0.4, 0.5) is 5.69 Å². The second kappa shape index (κ2) is 6.18. The smallest absolute Gasteiger partial charge is 0.257 e. The topological polar surface area (TPSA) is 82.0 Å². The number of carbonyl (C=O) groups excluding carboxylic acids is 1. The normalized spacial score (nSPS) is 16.8. The molecule has 6 nitrogen and oxygen atoms in total. The molecule has 120 valence electrons. The van der Waals surface area contributed by atoms with E-state index in [2.05, 4.69) is 5.32 Å². The summed E-state index contributed by atoms with van der Waals surface area (Å²) < 4.78 is 5.10. The van der Waals surface area contributed by atoms with Gasteiger partial charge in [-0.15, -0.1) is 0 Å². The zero-order valence-electron chi connectivity index (χ0n) is 12.7. The Hall–Kier alpha value is -2.73. The highest BCUT2D eigenvalue weighted by Gasteiger charge is 2.32. The van der Waals surface area contributed by atoms with Gasteiger partial charge in [-0.25, -0.2) is 0 Å². The molecule has 1 heterocycles. The molecule has 2 aromatic carbocycles. The van der Waals surface area contributed by atoms with Crippen LogP contribution in [0.2, 0.25) is 0 Å². The summed E-state index contributed by atoms with van der Waals surface area (Å²) in [4.78, 5) is 14.4. The van der Waals surface area contributed by atoms with Crippen molar-refractivity contribution in [2.75, 3.05) is 25.6 Å². The number of rotatable bonds is 4. The number of methoxy groups -OCH3 is 1. The third kappa shape index (κ3) is 2.80. The average Bonchev–Trinajstić information content (AvgIpc) is 2.56. The predicted molar refractivity (Wildman–Crippen MR) is 85.5 cm³/mol. The molecular formula is C17H18N2O4. The first-order valence-corrected chi connectivity index (χ1v) is 7.29. The standard InChI is InChI=1S/C17H18N2O4/c1-23-9-8-19-16(11-6-7-14(20)15(21)10-11)18-13-5-3-2-4-12(13)17(19)22/h2-7,10,16,18,20-21H,8-9H2,1H3/t16-/m0/s1. The van der Waals surface area contributed by atoms with Crippen LogP contribution in [0.3, 0.4) is 0 Å². The molecule has 0 fully saturated rings. The quantitative estimate of drug-likeness (QED) is 0.755. The summed E-state index contributed by atoms with van der Waals surface area (Å²) in [5, 5.41) is 22.5. The summed E-state index contributed by atoms with van der Waals surface area (Å²) >= 11 is 0. The van der Waals surface area contributed by atoms with E-state index in [9.17, 15) is 15.0 Å². The fourth-order valence-electron chi connectivity index (χ4n) is 2.69. The van der Waals surface area contributed by atoms with Gasteiger partial charge in [-0.2, -0.15) is 0 Å². The van der Waals surface area contributed by atoms with Crippen LogP contribution in [0.5, 0.6) is 11.5 Å². The van der Waals surface area contributed by atoms with E-state index in [0.717, 1.165) is 5.69 Å². The van der Waals surface area contributed by atoms with E-state index in [-0.39, 0.29) is 17.4 Å². The van der Waals surface area contributed by atoms with Gasteiger partial charge in [0.05, 0.1) is 12.2 Å². The SMILES string of the molecule is COCCN1C(=O)c2ccccc2N[C@@H]1c1ccc(O)c(O)c1. The van der Waals surface area contributed by atoms with Crippen LogP contribution in [-0.4, -0.2) is 41.3 Å². The van der Waals surface area contributed by atoms with Gasteiger partial charge in [0.1, 0.15) is 6.17 Å². The first-order valence-electron chi connectivity index (χ1n) is 7.29. The number of hydrogen-bond donors (Lipinski definition) is 3. The Balaban J connectivity index is 2.01. The average molecular weight is 314 g/mol. The predicted octanol–water partition coefficient (Wildman–Crippen LogP) is 2.31. The van der Waals surface area contributed by atoms with Crippen LogP contribution in [0.1, 0.15) is 22.1 Å². The highest BCUT2D eigenvalue weighted by atomic mass is 16.5. The van der Waals surface area contributed by atoms with Crippen molar-refractivity contribution >= 4 is 11.6 Å². The lowest BCUT2D eigenvalue weighted by Crippen LogP contribution is -2.44. The van der Waals surface area contributed by atoms with Crippen molar-refractivity contribution in [1.82, 2.24) is 4.90 Å². The van der Waals surface area contributed by atoms with E-state index in [1.54, 1.807) is 24.1 Å². The minimum absolute atomic E-state index is 0.103. The van der Waals surface area contributed by atoms with E-state index in [1.165, 1.54) is 12.1 Å². The van der Waals surface area contributed by atoms with Crippen molar-refractivity contribution in [1.29, 1.82) is 0 Å². The molecule has 3 rings (SSSR count). The highest BCUT2D eigenvalue weighted by Crippen LogP contribution is 2.35. The molecule has 2 aromatic rings. The Morgan fingerprint density at radius 2 is 1.96 bits per heavy atom. The molecule has 3 N–H and O–H groups in total. The summed E-state index contributed by atoms with van der Waals surface area (Å²) in [5.74, 6) is -0.518. The fourth-order valence-corrected chi connectivity index (χ4v) is 2.69. The lowest BCUT2D eigenvalue weighted by Gasteiger charge is -2.38. The van der Waals surface area contributed by atoms with E-state index in [0.29, 0.717) is 24.3 Å². The molecule has 0 aliphatic carbocycles. The number of nitrogens with one attached hydrogen (secondary N) is 1. The molecule has 0 radical (unpaired) electrons. The van der Waals surface area contributed by atoms with Gasteiger partial charge in [-0.3, -0.25) is 4.79 Å². The third-order valence-corrected chi connectivity index (χ3v) is 3.87. The number of anilines is 1. The Kier molecular flexibility index (Phi) is 4.08. The number of ether oxygens (including phenoxy) is 1. The minimum atomic E-state index is -0.445. The number of benzene rings is 2. The monoisotopic (exact) mass is 314 g/mol. The van der Waals surface area contributed by atoms with Gasteiger partial charge in [0.15, 0.2) is 11.5 Å². The molecule has 23 heavy (non-hydrogen) atoms. The van der Waals surface area contributed by atoms with Crippen molar-refractivity contribution < 1.29 is 19.7 Å². The molecule has 1 atom stereocenters. The number of phenolic OH excluding ortho intramolecular Hbond substituents is 2. The summed E-state index contributed by atoms with van der Waals surface area (Å²) in [6.07, 6.45) is -0.445. The van der Waals surface area contributed by atoms with Gasteiger partial charge >= 0.3 is 0 Å². The molecule has 0 saturated heterocycles. The third-order valence-electron chi connectivity index (χ3n) is 3.87. The number of aromatic hydroxyl groups is 2. The second-order valence-corrected chi connectivity index (χ2v) is 5.33. The largest absolute Gasteiger partial charge is 0.504 e. The van der Waals surface area contributed by atoms with E-state index in [4.69, 9.17) is 4.74 Å². The van der Waals surface area contributed by atoms with Gasteiger partial charge in [0, 0.05) is 19.3 Å². The van der Waals surface area contributed by atoms with Crippen LogP contribution in [-0.2, 0) is 4.74 Å². The molecule has 1 aliphatic heterocycles. The second-order valence-electron chi connectivity index (χ2n) is 5.33. The van der Waals surface area contributed by atoms with Gasteiger partial charge in [-0.1, -0.05) is 18.2 Å². The Labute approximate surface area is 133 Å². The van der Waals surface area contributed by atoms with Gasteiger partial charge in [-0.05, 0) is 29.8 Å². The number of fused-ring (bicyclic) bond motifs is 1. The molecule has 0 spiro atoms. The maximum absolute atomic E-state index is 12.8. The molecule has 0 aromatic heterocycles. The molecule has 0 bridgehead atoms. The number of phenols is 2. The summed E-state index contributed by atoms with van der Waals surface area (Å²) in [6, 6.07) is 11.8. The number of hydrogen-bond acceptors (Lipinski definition) is 5. The molecule has 0 saturated carbocycles. The summed E-state index contributed by atoms with van der Waals surface area (Å²) in [5.41, 5.74) is 2.02. The van der Waals surface area contributed by atoms with Crippen molar-refractivity contribution in [2.45, 2.75) is 6.17 Å². The Morgan fingerprint density at radius 3 is 2.70 bits per heavy atom. The van der Waals surface area contributed by atoms with Crippen LogP contribution in [0.15, 0.2) is 42.5 Å². The molecule has 6 heteroatoms. The van der Waals surface area contributed by atoms with E-state index < -0.39 is 6.17 Å². The first-order chi connectivity index (χ1) is 11.1. The molecular weight excluding hydrogens is 296 g/mol. The number of amides is 1. The maximum atomic E-state index is 12.8. The lowest BCUT2D eigenvalue weighted by atomic mass is 10.0. The van der Waals surface area contributed by atoms with Crippen LogP contribution < -0.4 is 5.32 Å². The maximum Gasteiger partial charge on any atom is 0.257 e. The minimum Gasteiger partial charge on any atom is -0.504 e. The van der Waals surface area contributed by atoms with Crippen molar-refractivity contribution in [2.24, 2.45) is 0 Å². The zero-order chi connectivity index (χ0) is 16.4. The van der Waals surface area contributed by atoms with E-state index in [1.807, 2.05) is 18.2 Å². The fraction of sp³-hybridized carbons (Fsp3) is 0.235. The number of carbonyl (C=O) groups is 1.